The molecule has 0 bridgehead atoms. The SMILES string of the molecule is O=Cc1c(Cl)cccc1OCc1c(F)cccc1F. The molecule has 0 aromatic heterocycles. The van der Waals surface area contributed by atoms with Crippen LogP contribution in [0.3, 0.4) is 0 Å². The third-order valence-corrected chi connectivity index (χ3v) is 2.89. The minimum absolute atomic E-state index is 0.154. The van der Waals surface area contributed by atoms with E-state index in [0.717, 1.165) is 12.1 Å². The lowest BCUT2D eigenvalue weighted by Gasteiger charge is -2.10. The number of halogens is 3. The highest BCUT2D eigenvalue weighted by atomic mass is 35.5. The number of rotatable bonds is 4. The van der Waals surface area contributed by atoms with Crippen LogP contribution in [0.25, 0.3) is 0 Å². The summed E-state index contributed by atoms with van der Waals surface area (Å²) in [5.41, 5.74) is -0.0414. The highest BCUT2D eigenvalue weighted by molar-refractivity contribution is 6.33. The second-order valence-electron chi connectivity index (χ2n) is 3.76. The Hall–Kier alpha value is -1.94. The molecule has 0 atom stereocenters. The predicted octanol–water partition coefficient (Wildman–Crippen LogP) is 4.01. The van der Waals surface area contributed by atoms with Crippen LogP contribution in [0.4, 0.5) is 8.78 Å². The highest BCUT2D eigenvalue weighted by Crippen LogP contribution is 2.25. The molecular formula is C14H9ClF2O2. The standard InChI is InChI=1S/C14H9ClF2O2/c15-11-3-1-6-14(9(11)7-18)19-8-10-12(16)4-2-5-13(10)17/h1-7H,8H2. The largest absolute Gasteiger partial charge is 0.488 e. The summed E-state index contributed by atoms with van der Waals surface area (Å²) in [4.78, 5) is 10.9. The first-order valence-corrected chi connectivity index (χ1v) is 5.80. The van der Waals surface area contributed by atoms with Gasteiger partial charge >= 0.3 is 0 Å². The zero-order valence-electron chi connectivity index (χ0n) is 9.70. The average molecular weight is 283 g/mol. The van der Waals surface area contributed by atoms with E-state index in [0.29, 0.717) is 6.29 Å². The summed E-state index contributed by atoms with van der Waals surface area (Å²) in [5, 5.41) is 0.224. The fourth-order valence-corrected chi connectivity index (χ4v) is 1.79. The van der Waals surface area contributed by atoms with Crippen LogP contribution in [0.15, 0.2) is 36.4 Å². The Morgan fingerprint density at radius 2 is 1.74 bits per heavy atom. The van der Waals surface area contributed by atoms with Crippen molar-refractivity contribution < 1.29 is 18.3 Å². The maximum absolute atomic E-state index is 13.4. The van der Waals surface area contributed by atoms with E-state index in [1.807, 2.05) is 0 Å². The molecule has 0 aliphatic rings. The topological polar surface area (TPSA) is 26.3 Å². The summed E-state index contributed by atoms with van der Waals surface area (Å²) < 4.78 is 32.1. The Morgan fingerprint density at radius 3 is 2.37 bits per heavy atom. The van der Waals surface area contributed by atoms with Crippen molar-refractivity contribution in [3.8, 4) is 5.75 Å². The van der Waals surface area contributed by atoms with Gasteiger partial charge in [0.2, 0.25) is 0 Å². The van der Waals surface area contributed by atoms with Gasteiger partial charge in [0.1, 0.15) is 24.0 Å². The Morgan fingerprint density at radius 1 is 1.11 bits per heavy atom. The van der Waals surface area contributed by atoms with E-state index in [1.54, 1.807) is 6.07 Å². The molecule has 0 spiro atoms. The van der Waals surface area contributed by atoms with E-state index >= 15 is 0 Å². The van der Waals surface area contributed by atoms with Crippen LogP contribution in [0.2, 0.25) is 5.02 Å². The molecular weight excluding hydrogens is 274 g/mol. The lowest BCUT2D eigenvalue weighted by molar-refractivity contribution is 0.111. The first kappa shape index (κ1) is 13.5. The van der Waals surface area contributed by atoms with Crippen LogP contribution in [-0.2, 0) is 6.61 Å². The Bertz CT molecular complexity index is 594. The van der Waals surface area contributed by atoms with E-state index in [4.69, 9.17) is 16.3 Å². The number of aldehydes is 1. The fraction of sp³-hybridized carbons (Fsp3) is 0.0714. The van der Waals surface area contributed by atoms with E-state index in [1.165, 1.54) is 18.2 Å². The number of carbonyl (C=O) groups excluding carboxylic acids is 1. The molecule has 2 aromatic carbocycles. The van der Waals surface area contributed by atoms with Crippen LogP contribution in [0.5, 0.6) is 5.75 Å². The minimum Gasteiger partial charge on any atom is -0.488 e. The average Bonchev–Trinajstić information content (AvgIpc) is 2.38. The monoisotopic (exact) mass is 282 g/mol. The van der Waals surface area contributed by atoms with E-state index < -0.39 is 11.6 Å². The Labute approximate surface area is 113 Å². The minimum atomic E-state index is -0.699. The van der Waals surface area contributed by atoms with Gasteiger partial charge in [-0.05, 0) is 24.3 Å². The second-order valence-corrected chi connectivity index (χ2v) is 4.17. The van der Waals surface area contributed by atoms with Crippen molar-refractivity contribution >= 4 is 17.9 Å². The van der Waals surface area contributed by atoms with Gasteiger partial charge in [-0.3, -0.25) is 4.79 Å². The quantitative estimate of drug-likeness (QED) is 0.792. The van der Waals surface area contributed by atoms with E-state index in [9.17, 15) is 13.6 Å². The molecule has 0 aliphatic heterocycles. The zero-order valence-corrected chi connectivity index (χ0v) is 10.5. The van der Waals surface area contributed by atoms with Crippen molar-refractivity contribution in [2.45, 2.75) is 6.61 Å². The van der Waals surface area contributed by atoms with E-state index in [2.05, 4.69) is 0 Å². The molecule has 5 heteroatoms. The lowest BCUT2D eigenvalue weighted by Crippen LogP contribution is -2.03. The molecule has 0 amide bonds. The molecule has 98 valence electrons. The van der Waals surface area contributed by atoms with Crippen molar-refractivity contribution in [3.63, 3.8) is 0 Å². The molecule has 0 unspecified atom stereocenters. The van der Waals surface area contributed by atoms with Crippen molar-refractivity contribution in [1.82, 2.24) is 0 Å². The molecule has 2 rings (SSSR count). The van der Waals surface area contributed by atoms with Crippen LogP contribution in [-0.4, -0.2) is 6.29 Å². The fourth-order valence-electron chi connectivity index (χ4n) is 1.58. The Balaban J connectivity index is 2.24. The normalized spacial score (nSPS) is 10.3. The molecule has 0 saturated heterocycles. The van der Waals surface area contributed by atoms with Gasteiger partial charge in [-0.1, -0.05) is 23.7 Å². The third kappa shape index (κ3) is 2.90. The smallest absolute Gasteiger partial charge is 0.155 e. The van der Waals surface area contributed by atoms with Crippen LogP contribution in [0, 0.1) is 11.6 Å². The number of benzene rings is 2. The summed E-state index contributed by atoms with van der Waals surface area (Å²) in [7, 11) is 0. The van der Waals surface area contributed by atoms with Gasteiger partial charge in [0.05, 0.1) is 16.1 Å². The first-order valence-electron chi connectivity index (χ1n) is 5.43. The van der Waals surface area contributed by atoms with Gasteiger partial charge in [-0.2, -0.15) is 0 Å². The second kappa shape index (κ2) is 5.80. The van der Waals surface area contributed by atoms with Crippen molar-refractivity contribution in [2.75, 3.05) is 0 Å². The third-order valence-electron chi connectivity index (χ3n) is 2.56. The summed E-state index contributed by atoms with van der Waals surface area (Å²) in [6.07, 6.45) is 0.537. The Kier molecular flexibility index (Phi) is 4.12. The van der Waals surface area contributed by atoms with Crippen molar-refractivity contribution in [2.24, 2.45) is 0 Å². The van der Waals surface area contributed by atoms with Gasteiger partial charge < -0.3 is 4.74 Å². The molecule has 2 nitrogen and oxygen atoms in total. The number of ether oxygens (including phenoxy) is 1. The number of hydrogen-bond acceptors (Lipinski definition) is 2. The maximum atomic E-state index is 13.4. The number of hydrogen-bond donors (Lipinski definition) is 0. The van der Waals surface area contributed by atoms with Gasteiger partial charge in [0.25, 0.3) is 0 Å². The van der Waals surface area contributed by atoms with E-state index in [-0.39, 0.29) is 28.5 Å². The molecule has 0 saturated carbocycles. The van der Waals surface area contributed by atoms with Crippen LogP contribution >= 0.6 is 11.6 Å². The number of carbonyl (C=O) groups is 1. The molecule has 0 N–H and O–H groups in total. The van der Waals surface area contributed by atoms with Crippen molar-refractivity contribution in [1.29, 1.82) is 0 Å². The van der Waals surface area contributed by atoms with Crippen molar-refractivity contribution in [3.05, 3.63) is 64.2 Å². The molecule has 0 radical (unpaired) electrons. The molecule has 0 aliphatic carbocycles. The summed E-state index contributed by atoms with van der Waals surface area (Å²) in [6, 6.07) is 8.17. The first-order chi connectivity index (χ1) is 9.13. The van der Waals surface area contributed by atoms with Gasteiger partial charge in [-0.25, -0.2) is 8.78 Å². The lowest BCUT2D eigenvalue weighted by atomic mass is 10.2. The molecule has 2 aromatic rings. The van der Waals surface area contributed by atoms with Crippen LogP contribution in [0.1, 0.15) is 15.9 Å². The summed E-state index contributed by atoms with van der Waals surface area (Å²) >= 11 is 5.81. The summed E-state index contributed by atoms with van der Waals surface area (Å²) in [6.45, 7) is -0.320. The predicted molar refractivity (Wildman–Crippen MR) is 67.5 cm³/mol. The molecule has 0 heterocycles. The van der Waals surface area contributed by atoms with Gasteiger partial charge in [-0.15, -0.1) is 0 Å². The molecule has 19 heavy (non-hydrogen) atoms. The summed E-state index contributed by atoms with van der Waals surface area (Å²) in [5.74, 6) is -1.21. The zero-order chi connectivity index (χ0) is 13.8. The van der Waals surface area contributed by atoms with Gasteiger partial charge in [0.15, 0.2) is 6.29 Å². The van der Waals surface area contributed by atoms with Crippen LogP contribution < -0.4 is 4.74 Å². The van der Waals surface area contributed by atoms with Gasteiger partial charge in [0, 0.05) is 0 Å². The maximum Gasteiger partial charge on any atom is 0.155 e. The highest BCUT2D eigenvalue weighted by Gasteiger charge is 2.11. The molecule has 0 fully saturated rings.